The van der Waals surface area contributed by atoms with Gasteiger partial charge in [0.1, 0.15) is 5.75 Å². The monoisotopic (exact) mass is 254 g/mol. The Bertz CT molecular complexity index is 357. The van der Waals surface area contributed by atoms with E-state index in [1.807, 2.05) is 26.0 Å². The van der Waals surface area contributed by atoms with Crippen LogP contribution in [0.25, 0.3) is 0 Å². The molecule has 0 unspecified atom stereocenters. The van der Waals surface area contributed by atoms with Crippen molar-refractivity contribution in [1.29, 1.82) is 0 Å². The molecule has 0 aliphatic heterocycles. The lowest BCUT2D eigenvalue weighted by Gasteiger charge is -2.07. The Morgan fingerprint density at radius 2 is 1.94 bits per heavy atom. The van der Waals surface area contributed by atoms with Gasteiger partial charge in [0.15, 0.2) is 0 Å². The molecule has 1 N–H and O–H groups in total. The fraction of sp³-hybridized carbons (Fsp3) is 0.462. The van der Waals surface area contributed by atoms with Gasteiger partial charge in [0.05, 0.1) is 12.4 Å². The highest BCUT2D eigenvalue weighted by atomic mass is 32.2. The van der Waals surface area contributed by atoms with Crippen molar-refractivity contribution in [3.63, 3.8) is 0 Å². The molecule has 1 aromatic carbocycles. The van der Waals surface area contributed by atoms with E-state index in [2.05, 4.69) is 6.07 Å². The maximum Gasteiger partial charge on any atom is 0.313 e. The van der Waals surface area contributed by atoms with Crippen LogP contribution >= 0.6 is 11.8 Å². The average Bonchev–Trinajstić information content (AvgIpc) is 2.21. The second-order valence-electron chi connectivity index (χ2n) is 3.97. The second-order valence-corrected chi connectivity index (χ2v) is 5.08. The molecule has 0 saturated heterocycles. The number of aliphatic carboxylic acids is 1. The molecule has 0 radical (unpaired) electrons. The smallest absolute Gasteiger partial charge is 0.313 e. The van der Waals surface area contributed by atoms with Gasteiger partial charge in [0.25, 0.3) is 0 Å². The largest absolute Gasteiger partial charge is 0.494 e. The van der Waals surface area contributed by atoms with Gasteiger partial charge in [-0.2, -0.15) is 11.8 Å². The molecule has 1 rings (SSSR count). The molecule has 17 heavy (non-hydrogen) atoms. The minimum absolute atomic E-state index is 0.170. The molecular formula is C13H18O3S. The molecule has 0 heterocycles. The van der Waals surface area contributed by atoms with E-state index in [9.17, 15) is 4.79 Å². The SMILES string of the molecule is Cc1cc(C)cc(OCCCSCC(=O)O)c1. The first kappa shape index (κ1) is 13.9. The summed E-state index contributed by atoms with van der Waals surface area (Å²) in [7, 11) is 0. The van der Waals surface area contributed by atoms with E-state index in [1.54, 1.807) is 0 Å². The van der Waals surface area contributed by atoms with Crippen LogP contribution in [0.1, 0.15) is 17.5 Å². The zero-order valence-electron chi connectivity index (χ0n) is 10.2. The Morgan fingerprint density at radius 3 is 2.53 bits per heavy atom. The fourth-order valence-corrected chi connectivity index (χ4v) is 2.17. The summed E-state index contributed by atoms with van der Waals surface area (Å²) >= 11 is 1.42. The molecule has 0 saturated carbocycles. The molecule has 1 aromatic rings. The minimum atomic E-state index is -0.759. The molecule has 3 nitrogen and oxygen atoms in total. The summed E-state index contributed by atoms with van der Waals surface area (Å²) in [6.45, 7) is 4.72. The van der Waals surface area contributed by atoms with Crippen LogP contribution in [0.5, 0.6) is 5.75 Å². The maximum absolute atomic E-state index is 10.3. The zero-order valence-corrected chi connectivity index (χ0v) is 11.0. The van der Waals surface area contributed by atoms with Gasteiger partial charge < -0.3 is 9.84 Å². The van der Waals surface area contributed by atoms with Crippen molar-refractivity contribution in [2.45, 2.75) is 20.3 Å². The number of hydrogen-bond donors (Lipinski definition) is 1. The minimum Gasteiger partial charge on any atom is -0.494 e. The summed E-state index contributed by atoms with van der Waals surface area (Å²) in [4.78, 5) is 10.3. The number of thioether (sulfide) groups is 1. The number of hydrogen-bond acceptors (Lipinski definition) is 3. The normalized spacial score (nSPS) is 10.2. The van der Waals surface area contributed by atoms with Crippen molar-refractivity contribution in [2.75, 3.05) is 18.1 Å². The Morgan fingerprint density at radius 1 is 1.29 bits per heavy atom. The molecule has 0 amide bonds. The van der Waals surface area contributed by atoms with E-state index in [1.165, 1.54) is 22.9 Å². The van der Waals surface area contributed by atoms with E-state index in [4.69, 9.17) is 9.84 Å². The van der Waals surface area contributed by atoms with Gasteiger partial charge in [-0.1, -0.05) is 6.07 Å². The summed E-state index contributed by atoms with van der Waals surface area (Å²) in [6.07, 6.45) is 0.866. The highest BCUT2D eigenvalue weighted by Crippen LogP contribution is 2.16. The Kier molecular flexibility index (Phi) is 5.91. The number of carbonyl (C=O) groups is 1. The number of benzene rings is 1. The maximum atomic E-state index is 10.3. The summed E-state index contributed by atoms with van der Waals surface area (Å²) in [6, 6.07) is 6.13. The van der Waals surface area contributed by atoms with Gasteiger partial charge >= 0.3 is 5.97 Å². The third-order valence-corrected chi connectivity index (χ3v) is 3.15. The number of aryl methyl sites for hydroxylation is 2. The van der Waals surface area contributed by atoms with Crippen molar-refractivity contribution in [1.82, 2.24) is 0 Å². The molecule has 0 fully saturated rings. The van der Waals surface area contributed by atoms with Gasteiger partial charge in [-0.15, -0.1) is 0 Å². The average molecular weight is 254 g/mol. The highest BCUT2D eigenvalue weighted by molar-refractivity contribution is 7.99. The molecule has 94 valence electrons. The Balaban J connectivity index is 2.20. The number of carboxylic acid groups (broad SMARTS) is 1. The van der Waals surface area contributed by atoms with Crippen LogP contribution in [0.3, 0.4) is 0 Å². The second kappa shape index (κ2) is 7.22. The van der Waals surface area contributed by atoms with Gasteiger partial charge in [-0.3, -0.25) is 4.79 Å². The molecule has 4 heteroatoms. The van der Waals surface area contributed by atoms with Crippen molar-refractivity contribution >= 4 is 17.7 Å². The zero-order chi connectivity index (χ0) is 12.7. The van der Waals surface area contributed by atoms with Crippen LogP contribution in [0.15, 0.2) is 18.2 Å². The fourth-order valence-electron chi connectivity index (χ4n) is 1.53. The highest BCUT2D eigenvalue weighted by Gasteiger charge is 1.99. The third kappa shape index (κ3) is 6.22. The molecule has 0 bridgehead atoms. The number of ether oxygens (including phenoxy) is 1. The van der Waals surface area contributed by atoms with Gasteiger partial charge in [0.2, 0.25) is 0 Å². The van der Waals surface area contributed by atoms with Gasteiger partial charge in [-0.25, -0.2) is 0 Å². The first-order valence-electron chi connectivity index (χ1n) is 5.58. The number of carboxylic acids is 1. The lowest BCUT2D eigenvalue weighted by atomic mass is 10.1. The first-order chi connectivity index (χ1) is 8.08. The van der Waals surface area contributed by atoms with Crippen molar-refractivity contribution in [3.05, 3.63) is 29.3 Å². The standard InChI is InChI=1S/C13H18O3S/c1-10-6-11(2)8-12(7-10)16-4-3-5-17-9-13(14)15/h6-8H,3-5,9H2,1-2H3,(H,14,15). The van der Waals surface area contributed by atoms with Crippen LogP contribution in [-0.4, -0.2) is 29.2 Å². The van der Waals surface area contributed by atoms with Crippen molar-refractivity contribution in [2.24, 2.45) is 0 Å². The predicted octanol–water partition coefficient (Wildman–Crippen LogP) is 2.89. The molecule has 0 atom stereocenters. The van der Waals surface area contributed by atoms with Crippen molar-refractivity contribution in [3.8, 4) is 5.75 Å². The molecule has 0 spiro atoms. The summed E-state index contributed by atoms with van der Waals surface area (Å²) in [5, 5.41) is 8.46. The van der Waals surface area contributed by atoms with Crippen LogP contribution in [0, 0.1) is 13.8 Å². The van der Waals surface area contributed by atoms with E-state index >= 15 is 0 Å². The topological polar surface area (TPSA) is 46.5 Å². The lowest BCUT2D eigenvalue weighted by molar-refractivity contribution is -0.133. The van der Waals surface area contributed by atoms with Gasteiger partial charge in [-0.05, 0) is 49.3 Å². The molecule has 0 aliphatic carbocycles. The van der Waals surface area contributed by atoms with Crippen LogP contribution < -0.4 is 4.74 Å². The quantitative estimate of drug-likeness (QED) is 0.760. The third-order valence-electron chi connectivity index (χ3n) is 2.12. The Hall–Kier alpha value is -1.16. The summed E-state index contributed by atoms with van der Waals surface area (Å²) < 4.78 is 5.61. The van der Waals surface area contributed by atoms with Gasteiger partial charge in [0, 0.05) is 0 Å². The molecule has 0 aliphatic rings. The summed E-state index contributed by atoms with van der Waals surface area (Å²) in [5.41, 5.74) is 2.39. The summed E-state index contributed by atoms with van der Waals surface area (Å²) in [5.74, 6) is 1.12. The van der Waals surface area contributed by atoms with E-state index in [0.29, 0.717) is 6.61 Å². The molecule has 0 aromatic heterocycles. The molecular weight excluding hydrogens is 236 g/mol. The van der Waals surface area contributed by atoms with E-state index in [0.717, 1.165) is 17.9 Å². The predicted molar refractivity (Wildman–Crippen MR) is 71.0 cm³/mol. The lowest BCUT2D eigenvalue weighted by Crippen LogP contribution is -2.02. The Labute approximate surface area is 106 Å². The van der Waals surface area contributed by atoms with Crippen molar-refractivity contribution < 1.29 is 14.6 Å². The van der Waals surface area contributed by atoms with E-state index < -0.39 is 5.97 Å². The first-order valence-corrected chi connectivity index (χ1v) is 6.74. The van der Waals surface area contributed by atoms with E-state index in [-0.39, 0.29) is 5.75 Å². The van der Waals surface area contributed by atoms with Crippen LogP contribution in [0.2, 0.25) is 0 Å². The number of rotatable bonds is 7. The van der Waals surface area contributed by atoms with Crippen LogP contribution in [0.4, 0.5) is 0 Å². The van der Waals surface area contributed by atoms with Crippen LogP contribution in [-0.2, 0) is 4.79 Å².